The molecular formula is C13H16N2O3. The monoisotopic (exact) mass is 248 g/mol. The number of rotatable bonds is 4. The summed E-state index contributed by atoms with van der Waals surface area (Å²) in [5.74, 6) is 0.661. The molecule has 0 aliphatic carbocycles. The van der Waals surface area contributed by atoms with Gasteiger partial charge in [-0.1, -0.05) is 0 Å². The highest BCUT2D eigenvalue weighted by atomic mass is 16.5. The Morgan fingerprint density at radius 2 is 2.28 bits per heavy atom. The zero-order chi connectivity index (χ0) is 13.1. The summed E-state index contributed by atoms with van der Waals surface area (Å²) in [6, 6.07) is 5.48. The average molecular weight is 248 g/mol. The maximum absolute atomic E-state index is 11.5. The number of carbonyl (C=O) groups excluding carboxylic acids is 2. The van der Waals surface area contributed by atoms with Crippen LogP contribution in [0.4, 0.5) is 11.4 Å². The van der Waals surface area contributed by atoms with E-state index in [1.165, 1.54) is 0 Å². The Morgan fingerprint density at radius 1 is 1.50 bits per heavy atom. The van der Waals surface area contributed by atoms with Gasteiger partial charge in [0.05, 0.1) is 5.69 Å². The van der Waals surface area contributed by atoms with E-state index in [-0.39, 0.29) is 11.7 Å². The first kappa shape index (κ1) is 12.4. The lowest BCUT2D eigenvalue weighted by molar-refractivity contribution is -0.122. The predicted octanol–water partition coefficient (Wildman–Crippen LogP) is 1.80. The predicted molar refractivity (Wildman–Crippen MR) is 68.9 cm³/mol. The molecule has 1 unspecified atom stereocenters. The molecule has 5 heteroatoms. The van der Waals surface area contributed by atoms with Crippen molar-refractivity contribution in [1.29, 1.82) is 0 Å². The van der Waals surface area contributed by atoms with Gasteiger partial charge in [0, 0.05) is 18.7 Å². The fourth-order valence-corrected chi connectivity index (χ4v) is 1.70. The molecule has 1 atom stereocenters. The van der Waals surface area contributed by atoms with Crippen molar-refractivity contribution in [3.8, 4) is 5.75 Å². The summed E-state index contributed by atoms with van der Waals surface area (Å²) in [6.07, 6.45) is 0.0192. The van der Waals surface area contributed by atoms with Gasteiger partial charge >= 0.3 is 0 Å². The van der Waals surface area contributed by atoms with E-state index in [9.17, 15) is 9.59 Å². The maximum atomic E-state index is 11.5. The molecular weight excluding hydrogens is 232 g/mol. The SMILES string of the molecule is CC(=O)CCNc1ccc2c(c1)NC(=O)C(C)O2. The topological polar surface area (TPSA) is 67.4 Å². The molecule has 1 aliphatic heterocycles. The van der Waals surface area contributed by atoms with E-state index in [2.05, 4.69) is 10.6 Å². The maximum Gasteiger partial charge on any atom is 0.265 e. The first-order valence-corrected chi connectivity index (χ1v) is 5.91. The Bertz CT molecular complexity index is 485. The Hall–Kier alpha value is -2.04. The van der Waals surface area contributed by atoms with Crippen molar-refractivity contribution >= 4 is 23.1 Å². The first-order chi connectivity index (χ1) is 8.56. The number of Topliss-reactive ketones (excluding diaryl/α,β-unsaturated/α-hetero) is 1. The normalized spacial score (nSPS) is 17.4. The van der Waals surface area contributed by atoms with Gasteiger partial charge in [0.2, 0.25) is 0 Å². The summed E-state index contributed by atoms with van der Waals surface area (Å²) < 4.78 is 5.45. The van der Waals surface area contributed by atoms with Crippen LogP contribution in [0.5, 0.6) is 5.75 Å². The quantitative estimate of drug-likeness (QED) is 0.852. The van der Waals surface area contributed by atoms with Crippen molar-refractivity contribution in [3.05, 3.63) is 18.2 Å². The fourth-order valence-electron chi connectivity index (χ4n) is 1.70. The second-order valence-electron chi connectivity index (χ2n) is 4.34. The van der Waals surface area contributed by atoms with E-state index in [1.807, 2.05) is 6.07 Å². The minimum atomic E-state index is -0.464. The van der Waals surface area contributed by atoms with Crippen molar-refractivity contribution in [1.82, 2.24) is 0 Å². The van der Waals surface area contributed by atoms with E-state index in [0.29, 0.717) is 24.4 Å². The Labute approximate surface area is 106 Å². The molecule has 2 rings (SSSR count). The van der Waals surface area contributed by atoms with Crippen LogP contribution in [-0.4, -0.2) is 24.3 Å². The molecule has 0 bridgehead atoms. The number of hydrogen-bond donors (Lipinski definition) is 2. The third kappa shape index (κ3) is 2.80. The summed E-state index contributed by atoms with van der Waals surface area (Å²) in [5.41, 5.74) is 1.51. The number of amides is 1. The van der Waals surface area contributed by atoms with E-state index in [4.69, 9.17) is 4.74 Å². The van der Waals surface area contributed by atoms with Crippen LogP contribution < -0.4 is 15.4 Å². The largest absolute Gasteiger partial charge is 0.479 e. The standard InChI is InChI=1S/C13H16N2O3/c1-8(16)5-6-14-10-3-4-12-11(7-10)15-13(17)9(2)18-12/h3-4,7,9,14H,5-6H2,1-2H3,(H,15,17). The summed E-state index contributed by atoms with van der Waals surface area (Å²) in [5, 5.41) is 5.90. The van der Waals surface area contributed by atoms with Crippen LogP contribution in [-0.2, 0) is 9.59 Å². The minimum absolute atomic E-state index is 0.144. The Morgan fingerprint density at radius 3 is 3.00 bits per heavy atom. The zero-order valence-electron chi connectivity index (χ0n) is 10.4. The fraction of sp³-hybridized carbons (Fsp3) is 0.385. The highest BCUT2D eigenvalue weighted by molar-refractivity contribution is 5.98. The van der Waals surface area contributed by atoms with Crippen molar-refractivity contribution in [2.45, 2.75) is 26.4 Å². The van der Waals surface area contributed by atoms with Gasteiger partial charge in [-0.25, -0.2) is 0 Å². The lowest BCUT2D eigenvalue weighted by Crippen LogP contribution is -2.34. The van der Waals surface area contributed by atoms with Crippen LogP contribution in [0.3, 0.4) is 0 Å². The van der Waals surface area contributed by atoms with Gasteiger partial charge in [0.15, 0.2) is 6.10 Å². The highest BCUT2D eigenvalue weighted by Gasteiger charge is 2.23. The molecule has 1 aromatic carbocycles. The van der Waals surface area contributed by atoms with Crippen molar-refractivity contribution in [2.24, 2.45) is 0 Å². The summed E-state index contributed by atoms with van der Waals surface area (Å²) in [4.78, 5) is 22.3. The summed E-state index contributed by atoms with van der Waals surface area (Å²) in [7, 11) is 0. The van der Waals surface area contributed by atoms with E-state index < -0.39 is 6.10 Å². The number of ether oxygens (including phenoxy) is 1. The molecule has 0 saturated heterocycles. The number of benzene rings is 1. The van der Waals surface area contributed by atoms with E-state index >= 15 is 0 Å². The van der Waals surface area contributed by atoms with E-state index in [1.54, 1.807) is 26.0 Å². The molecule has 96 valence electrons. The smallest absolute Gasteiger partial charge is 0.265 e. The van der Waals surface area contributed by atoms with Crippen LogP contribution in [0.2, 0.25) is 0 Å². The highest BCUT2D eigenvalue weighted by Crippen LogP contribution is 2.31. The molecule has 18 heavy (non-hydrogen) atoms. The third-order valence-electron chi connectivity index (χ3n) is 2.72. The average Bonchev–Trinajstić information content (AvgIpc) is 2.30. The van der Waals surface area contributed by atoms with Gasteiger partial charge in [-0.2, -0.15) is 0 Å². The Kier molecular flexibility index (Phi) is 3.50. The first-order valence-electron chi connectivity index (χ1n) is 5.91. The van der Waals surface area contributed by atoms with Gasteiger partial charge in [-0.3, -0.25) is 9.59 Å². The summed E-state index contributed by atoms with van der Waals surface area (Å²) >= 11 is 0. The van der Waals surface area contributed by atoms with Crippen LogP contribution >= 0.6 is 0 Å². The van der Waals surface area contributed by atoms with Gasteiger partial charge in [-0.05, 0) is 32.0 Å². The Balaban J connectivity index is 2.05. The van der Waals surface area contributed by atoms with Gasteiger partial charge in [-0.15, -0.1) is 0 Å². The van der Waals surface area contributed by atoms with Gasteiger partial charge < -0.3 is 15.4 Å². The van der Waals surface area contributed by atoms with Crippen molar-refractivity contribution in [2.75, 3.05) is 17.2 Å². The third-order valence-corrected chi connectivity index (χ3v) is 2.72. The number of hydrogen-bond acceptors (Lipinski definition) is 4. The number of nitrogens with one attached hydrogen (secondary N) is 2. The van der Waals surface area contributed by atoms with Crippen LogP contribution in [0.1, 0.15) is 20.3 Å². The van der Waals surface area contributed by atoms with Gasteiger partial charge in [0.25, 0.3) is 5.91 Å². The second kappa shape index (κ2) is 5.08. The van der Waals surface area contributed by atoms with Gasteiger partial charge in [0.1, 0.15) is 11.5 Å². The second-order valence-corrected chi connectivity index (χ2v) is 4.34. The number of carbonyl (C=O) groups is 2. The molecule has 1 heterocycles. The summed E-state index contributed by atoms with van der Waals surface area (Å²) in [6.45, 7) is 3.85. The van der Waals surface area contributed by atoms with Crippen LogP contribution in [0.15, 0.2) is 18.2 Å². The molecule has 0 radical (unpaired) electrons. The van der Waals surface area contributed by atoms with Crippen LogP contribution in [0, 0.1) is 0 Å². The van der Waals surface area contributed by atoms with Crippen molar-refractivity contribution in [3.63, 3.8) is 0 Å². The minimum Gasteiger partial charge on any atom is -0.479 e. The lowest BCUT2D eigenvalue weighted by atomic mass is 10.2. The molecule has 1 aliphatic rings. The molecule has 0 fully saturated rings. The zero-order valence-corrected chi connectivity index (χ0v) is 10.4. The molecule has 1 amide bonds. The molecule has 5 nitrogen and oxygen atoms in total. The molecule has 0 spiro atoms. The molecule has 2 N–H and O–H groups in total. The number of ketones is 1. The number of anilines is 2. The molecule has 1 aromatic rings. The lowest BCUT2D eigenvalue weighted by Gasteiger charge is -2.23. The van der Waals surface area contributed by atoms with E-state index in [0.717, 1.165) is 5.69 Å². The van der Waals surface area contributed by atoms with Crippen molar-refractivity contribution < 1.29 is 14.3 Å². The number of fused-ring (bicyclic) bond motifs is 1. The molecule has 0 aromatic heterocycles. The van der Waals surface area contributed by atoms with Crippen LogP contribution in [0.25, 0.3) is 0 Å². The molecule has 0 saturated carbocycles.